The summed E-state index contributed by atoms with van der Waals surface area (Å²) in [6, 6.07) is -2.12. The lowest BCUT2D eigenvalue weighted by Crippen LogP contribution is -2.50. The highest BCUT2D eigenvalue weighted by atomic mass is 16.4. The fourth-order valence-corrected chi connectivity index (χ4v) is 2.06. The van der Waals surface area contributed by atoms with Crippen molar-refractivity contribution in [1.29, 1.82) is 0 Å². The van der Waals surface area contributed by atoms with Gasteiger partial charge in [0.25, 0.3) is 0 Å². The Hall–Kier alpha value is -2.32. The molecule has 9 nitrogen and oxygen atoms in total. The standard InChI is InChI=1S/C11H17N3O6/c12-11(20)14-3-1-2-6(5-14)9(17)13-7(10(18)19)4-8(15)16/h6-7H,1-5H2,(H2,12,20)(H,13,17)(H,15,16)(H,18,19)/t6?,7-/m0/s1. The Morgan fingerprint density at radius 3 is 2.45 bits per heavy atom. The number of carboxylic acids is 2. The van der Waals surface area contributed by atoms with E-state index in [2.05, 4.69) is 5.32 Å². The number of nitrogens with one attached hydrogen (secondary N) is 1. The van der Waals surface area contributed by atoms with Crippen LogP contribution in [0.15, 0.2) is 0 Å². The van der Waals surface area contributed by atoms with Crippen LogP contribution in [-0.4, -0.2) is 58.1 Å². The molecular weight excluding hydrogens is 270 g/mol. The highest BCUT2D eigenvalue weighted by Gasteiger charge is 2.31. The van der Waals surface area contributed by atoms with Gasteiger partial charge in [-0.3, -0.25) is 9.59 Å². The predicted molar refractivity (Wildman–Crippen MR) is 65.7 cm³/mol. The number of carboxylic acid groups (broad SMARTS) is 2. The number of carbonyl (C=O) groups is 4. The van der Waals surface area contributed by atoms with Crippen LogP contribution in [0.1, 0.15) is 19.3 Å². The van der Waals surface area contributed by atoms with E-state index in [1.807, 2.05) is 0 Å². The van der Waals surface area contributed by atoms with Gasteiger partial charge < -0.3 is 26.2 Å². The third-order valence-electron chi connectivity index (χ3n) is 3.10. The van der Waals surface area contributed by atoms with Crippen LogP contribution in [0.5, 0.6) is 0 Å². The van der Waals surface area contributed by atoms with Crippen molar-refractivity contribution in [2.45, 2.75) is 25.3 Å². The zero-order valence-electron chi connectivity index (χ0n) is 10.7. The van der Waals surface area contributed by atoms with Crippen LogP contribution in [-0.2, 0) is 14.4 Å². The number of nitrogens with zero attached hydrogens (tertiary/aromatic N) is 1. The Kier molecular flexibility index (Phi) is 5.30. The van der Waals surface area contributed by atoms with Gasteiger partial charge >= 0.3 is 18.0 Å². The third-order valence-corrected chi connectivity index (χ3v) is 3.10. The van der Waals surface area contributed by atoms with Gasteiger partial charge in [-0.05, 0) is 12.8 Å². The first-order valence-electron chi connectivity index (χ1n) is 6.10. The van der Waals surface area contributed by atoms with E-state index in [1.165, 1.54) is 4.90 Å². The van der Waals surface area contributed by atoms with E-state index >= 15 is 0 Å². The van der Waals surface area contributed by atoms with E-state index < -0.39 is 42.3 Å². The van der Waals surface area contributed by atoms with Gasteiger partial charge in [-0.15, -0.1) is 0 Å². The zero-order chi connectivity index (χ0) is 15.3. The van der Waals surface area contributed by atoms with Crippen molar-refractivity contribution in [2.75, 3.05) is 13.1 Å². The Morgan fingerprint density at radius 2 is 1.95 bits per heavy atom. The number of primary amides is 1. The first kappa shape index (κ1) is 15.7. The van der Waals surface area contributed by atoms with E-state index in [0.717, 1.165) is 0 Å². The van der Waals surface area contributed by atoms with Gasteiger partial charge in [-0.25, -0.2) is 9.59 Å². The van der Waals surface area contributed by atoms with Crippen LogP contribution in [0.2, 0.25) is 0 Å². The summed E-state index contributed by atoms with van der Waals surface area (Å²) in [5, 5.41) is 19.6. The summed E-state index contributed by atoms with van der Waals surface area (Å²) in [7, 11) is 0. The van der Waals surface area contributed by atoms with Crippen LogP contribution in [0.25, 0.3) is 0 Å². The molecule has 2 atom stereocenters. The van der Waals surface area contributed by atoms with Gasteiger partial charge in [0.1, 0.15) is 6.04 Å². The summed E-state index contributed by atoms with van der Waals surface area (Å²) in [6.07, 6.45) is 0.375. The normalized spacial score (nSPS) is 20.0. The number of nitrogens with two attached hydrogens (primary N) is 1. The Bertz CT molecular complexity index is 424. The number of amides is 3. The van der Waals surface area contributed by atoms with Crippen molar-refractivity contribution in [1.82, 2.24) is 10.2 Å². The number of hydrogen-bond donors (Lipinski definition) is 4. The molecule has 0 aromatic carbocycles. The van der Waals surface area contributed by atoms with Crippen molar-refractivity contribution >= 4 is 23.9 Å². The second-order valence-electron chi connectivity index (χ2n) is 4.62. The minimum absolute atomic E-state index is 0.112. The minimum Gasteiger partial charge on any atom is -0.481 e. The van der Waals surface area contributed by atoms with Crippen LogP contribution in [0, 0.1) is 5.92 Å². The second-order valence-corrected chi connectivity index (χ2v) is 4.62. The molecule has 1 aliphatic rings. The van der Waals surface area contributed by atoms with Crippen LogP contribution in [0.3, 0.4) is 0 Å². The molecule has 1 rings (SSSR count). The molecule has 0 aromatic rings. The highest BCUT2D eigenvalue weighted by molar-refractivity contribution is 5.88. The molecule has 9 heteroatoms. The van der Waals surface area contributed by atoms with Gasteiger partial charge in [-0.1, -0.05) is 0 Å². The SMILES string of the molecule is NC(=O)N1CCCC(C(=O)N[C@@H](CC(=O)O)C(=O)O)C1. The first-order chi connectivity index (χ1) is 9.31. The van der Waals surface area contributed by atoms with E-state index in [-0.39, 0.29) is 6.54 Å². The number of likely N-dealkylation sites (tertiary alicyclic amines) is 1. The van der Waals surface area contributed by atoms with Crippen LogP contribution >= 0.6 is 0 Å². The molecule has 5 N–H and O–H groups in total. The van der Waals surface area contributed by atoms with E-state index in [9.17, 15) is 19.2 Å². The van der Waals surface area contributed by atoms with Gasteiger partial charge in [0, 0.05) is 13.1 Å². The molecule has 3 amide bonds. The molecule has 1 heterocycles. The smallest absolute Gasteiger partial charge is 0.326 e. The maximum absolute atomic E-state index is 11.9. The second kappa shape index (κ2) is 6.73. The Labute approximate surface area is 114 Å². The largest absolute Gasteiger partial charge is 0.481 e. The summed E-state index contributed by atoms with van der Waals surface area (Å²) < 4.78 is 0. The maximum Gasteiger partial charge on any atom is 0.326 e. The summed E-state index contributed by atoms with van der Waals surface area (Å²) in [4.78, 5) is 45.7. The van der Waals surface area contributed by atoms with Crippen molar-refractivity contribution in [2.24, 2.45) is 11.7 Å². The summed E-state index contributed by atoms with van der Waals surface area (Å²) in [6.45, 7) is 0.567. The van der Waals surface area contributed by atoms with Crippen molar-refractivity contribution in [3.63, 3.8) is 0 Å². The zero-order valence-corrected chi connectivity index (χ0v) is 10.7. The van der Waals surface area contributed by atoms with E-state index in [1.54, 1.807) is 0 Å². The third kappa shape index (κ3) is 4.41. The molecule has 20 heavy (non-hydrogen) atoms. The quantitative estimate of drug-likeness (QED) is 0.500. The van der Waals surface area contributed by atoms with Crippen molar-refractivity contribution in [3.8, 4) is 0 Å². The fraction of sp³-hybridized carbons (Fsp3) is 0.636. The Morgan fingerprint density at radius 1 is 1.30 bits per heavy atom. The maximum atomic E-state index is 11.9. The Balaban J connectivity index is 2.61. The summed E-state index contributed by atoms with van der Waals surface area (Å²) in [5.74, 6) is -3.89. The topological polar surface area (TPSA) is 150 Å². The average molecular weight is 287 g/mol. The molecular formula is C11H17N3O6. The molecule has 0 bridgehead atoms. The molecule has 0 radical (unpaired) electrons. The van der Waals surface area contributed by atoms with Gasteiger partial charge in [-0.2, -0.15) is 0 Å². The molecule has 1 aliphatic heterocycles. The lowest BCUT2D eigenvalue weighted by molar-refractivity contribution is -0.147. The lowest BCUT2D eigenvalue weighted by Gasteiger charge is -2.31. The number of urea groups is 1. The van der Waals surface area contributed by atoms with E-state index in [0.29, 0.717) is 19.4 Å². The highest BCUT2D eigenvalue weighted by Crippen LogP contribution is 2.16. The van der Waals surface area contributed by atoms with Gasteiger partial charge in [0.2, 0.25) is 5.91 Å². The summed E-state index contributed by atoms with van der Waals surface area (Å²) in [5.41, 5.74) is 5.13. The monoisotopic (exact) mass is 287 g/mol. The minimum atomic E-state index is -1.48. The molecule has 1 fully saturated rings. The predicted octanol–water partition coefficient (Wildman–Crippen LogP) is -1.18. The van der Waals surface area contributed by atoms with Gasteiger partial charge in [0.05, 0.1) is 12.3 Å². The average Bonchev–Trinajstić information content (AvgIpc) is 2.37. The molecule has 0 saturated carbocycles. The van der Waals surface area contributed by atoms with Gasteiger partial charge in [0.15, 0.2) is 0 Å². The van der Waals surface area contributed by atoms with Crippen molar-refractivity contribution < 1.29 is 29.4 Å². The molecule has 0 spiro atoms. The molecule has 0 aromatic heterocycles. The molecule has 112 valence electrons. The van der Waals surface area contributed by atoms with Crippen molar-refractivity contribution in [3.05, 3.63) is 0 Å². The van der Waals surface area contributed by atoms with Crippen LogP contribution < -0.4 is 11.1 Å². The number of carbonyl (C=O) groups excluding carboxylic acids is 2. The van der Waals surface area contributed by atoms with Crippen LogP contribution in [0.4, 0.5) is 4.79 Å². The number of piperidine rings is 1. The number of aliphatic carboxylic acids is 2. The fourth-order valence-electron chi connectivity index (χ4n) is 2.06. The first-order valence-corrected chi connectivity index (χ1v) is 6.10. The lowest BCUT2D eigenvalue weighted by atomic mass is 9.97. The number of rotatable bonds is 5. The number of hydrogen-bond acceptors (Lipinski definition) is 4. The molecule has 1 saturated heterocycles. The summed E-state index contributed by atoms with van der Waals surface area (Å²) >= 11 is 0. The molecule has 0 aliphatic carbocycles. The van der Waals surface area contributed by atoms with E-state index in [4.69, 9.17) is 15.9 Å². The molecule has 1 unspecified atom stereocenters.